The lowest BCUT2D eigenvalue weighted by atomic mass is 10.1. The molecular formula is C13H19BrN2O. The molecule has 0 spiro atoms. The number of halogens is 1. The molecule has 0 aromatic heterocycles. The molecule has 0 saturated heterocycles. The maximum Gasteiger partial charge on any atom is 0.253 e. The van der Waals surface area contributed by atoms with E-state index in [1.165, 1.54) is 0 Å². The molecule has 0 bridgehead atoms. The van der Waals surface area contributed by atoms with Crippen LogP contribution in [0.1, 0.15) is 15.9 Å². The summed E-state index contributed by atoms with van der Waals surface area (Å²) in [6, 6.07) is 5.78. The topological polar surface area (TPSA) is 23.6 Å². The minimum Gasteiger partial charge on any atom is -0.340 e. The lowest BCUT2D eigenvalue weighted by molar-refractivity contribution is 0.0786. The Balaban J connectivity index is 2.74. The van der Waals surface area contributed by atoms with Gasteiger partial charge in [0.2, 0.25) is 0 Å². The molecule has 1 amide bonds. The summed E-state index contributed by atoms with van der Waals surface area (Å²) >= 11 is 3.41. The highest BCUT2D eigenvalue weighted by molar-refractivity contribution is 9.10. The average molecular weight is 299 g/mol. The Morgan fingerprint density at radius 3 is 2.35 bits per heavy atom. The third kappa shape index (κ3) is 4.48. The highest BCUT2D eigenvalue weighted by Crippen LogP contribution is 2.16. The van der Waals surface area contributed by atoms with Crippen LogP contribution < -0.4 is 0 Å². The van der Waals surface area contributed by atoms with Gasteiger partial charge in [0.25, 0.3) is 5.91 Å². The zero-order valence-electron chi connectivity index (χ0n) is 10.8. The van der Waals surface area contributed by atoms with Gasteiger partial charge in [-0.1, -0.05) is 15.9 Å². The van der Waals surface area contributed by atoms with Crippen LogP contribution in [0.15, 0.2) is 22.7 Å². The molecule has 94 valence electrons. The lowest BCUT2D eigenvalue weighted by Gasteiger charge is -2.20. The highest BCUT2D eigenvalue weighted by atomic mass is 79.9. The zero-order valence-corrected chi connectivity index (χ0v) is 12.4. The van der Waals surface area contributed by atoms with E-state index in [1.807, 2.05) is 46.3 Å². The van der Waals surface area contributed by atoms with Gasteiger partial charge in [0.1, 0.15) is 0 Å². The van der Waals surface area contributed by atoms with Crippen LogP contribution in [0.25, 0.3) is 0 Å². The Morgan fingerprint density at radius 1 is 1.18 bits per heavy atom. The lowest BCUT2D eigenvalue weighted by Crippen LogP contribution is -2.33. The number of rotatable bonds is 4. The molecule has 3 nitrogen and oxygen atoms in total. The second-order valence-corrected chi connectivity index (χ2v) is 5.46. The summed E-state index contributed by atoms with van der Waals surface area (Å²) < 4.78 is 0.946. The molecule has 0 atom stereocenters. The number of aryl methyl sites for hydroxylation is 1. The van der Waals surface area contributed by atoms with Gasteiger partial charge in [-0.2, -0.15) is 0 Å². The Labute approximate surface area is 112 Å². The second kappa shape index (κ2) is 6.17. The van der Waals surface area contributed by atoms with E-state index < -0.39 is 0 Å². The SMILES string of the molecule is Cc1cc(Br)cc(C(=O)N(C)CCN(C)C)c1. The quantitative estimate of drug-likeness (QED) is 0.852. The van der Waals surface area contributed by atoms with Gasteiger partial charge in [0, 0.05) is 30.2 Å². The average Bonchev–Trinajstić information content (AvgIpc) is 2.23. The molecule has 17 heavy (non-hydrogen) atoms. The molecule has 0 radical (unpaired) electrons. The normalized spacial score (nSPS) is 10.7. The Kier molecular flexibility index (Phi) is 5.15. The Hall–Kier alpha value is -0.870. The summed E-state index contributed by atoms with van der Waals surface area (Å²) in [5, 5.41) is 0. The van der Waals surface area contributed by atoms with Crippen LogP contribution in [0.4, 0.5) is 0 Å². The van der Waals surface area contributed by atoms with Crippen molar-refractivity contribution in [1.82, 2.24) is 9.80 Å². The zero-order chi connectivity index (χ0) is 13.0. The van der Waals surface area contributed by atoms with Crippen molar-refractivity contribution in [2.24, 2.45) is 0 Å². The van der Waals surface area contributed by atoms with Crippen molar-refractivity contribution >= 4 is 21.8 Å². The summed E-state index contributed by atoms with van der Waals surface area (Å²) in [5.74, 6) is 0.0660. The summed E-state index contributed by atoms with van der Waals surface area (Å²) in [7, 11) is 5.84. The van der Waals surface area contributed by atoms with Crippen LogP contribution in [-0.2, 0) is 0 Å². The van der Waals surface area contributed by atoms with Crippen molar-refractivity contribution in [3.05, 3.63) is 33.8 Å². The number of hydrogen-bond donors (Lipinski definition) is 0. The monoisotopic (exact) mass is 298 g/mol. The van der Waals surface area contributed by atoms with Crippen molar-refractivity contribution in [3.63, 3.8) is 0 Å². The number of carbonyl (C=O) groups is 1. The van der Waals surface area contributed by atoms with Crippen LogP contribution in [-0.4, -0.2) is 49.9 Å². The van der Waals surface area contributed by atoms with Gasteiger partial charge in [-0.25, -0.2) is 0 Å². The summed E-state index contributed by atoms with van der Waals surface area (Å²) in [6.07, 6.45) is 0. The van der Waals surface area contributed by atoms with Crippen molar-refractivity contribution in [1.29, 1.82) is 0 Å². The number of nitrogens with zero attached hydrogens (tertiary/aromatic N) is 2. The minimum absolute atomic E-state index is 0.0660. The fourth-order valence-electron chi connectivity index (χ4n) is 1.53. The van der Waals surface area contributed by atoms with Crippen LogP contribution >= 0.6 is 15.9 Å². The smallest absolute Gasteiger partial charge is 0.253 e. The predicted molar refractivity (Wildman–Crippen MR) is 74.4 cm³/mol. The third-order valence-corrected chi connectivity index (χ3v) is 2.98. The van der Waals surface area contributed by atoms with Crippen LogP contribution in [0, 0.1) is 6.92 Å². The number of hydrogen-bond acceptors (Lipinski definition) is 2. The van der Waals surface area contributed by atoms with Crippen LogP contribution in [0.2, 0.25) is 0 Å². The fourth-order valence-corrected chi connectivity index (χ4v) is 2.14. The summed E-state index contributed by atoms with van der Waals surface area (Å²) in [5.41, 5.74) is 1.82. The summed E-state index contributed by atoms with van der Waals surface area (Å²) in [6.45, 7) is 3.59. The van der Waals surface area contributed by atoms with E-state index in [9.17, 15) is 4.79 Å². The fraction of sp³-hybridized carbons (Fsp3) is 0.462. The second-order valence-electron chi connectivity index (χ2n) is 4.55. The molecule has 0 unspecified atom stereocenters. The van der Waals surface area contributed by atoms with Gasteiger partial charge in [0.05, 0.1) is 0 Å². The predicted octanol–water partition coefficient (Wildman–Crippen LogP) is 2.39. The molecule has 1 aromatic rings. The Bertz CT molecular complexity index is 384. The standard InChI is InChI=1S/C13H19BrN2O/c1-10-7-11(9-12(14)8-10)13(17)16(4)6-5-15(2)3/h7-9H,5-6H2,1-4H3. The van der Waals surface area contributed by atoms with Crippen molar-refractivity contribution < 1.29 is 4.79 Å². The molecule has 0 aliphatic carbocycles. The number of likely N-dealkylation sites (N-methyl/N-ethyl adjacent to an activating group) is 2. The minimum atomic E-state index is 0.0660. The van der Waals surface area contributed by atoms with Gasteiger partial charge >= 0.3 is 0 Å². The number of amides is 1. The summed E-state index contributed by atoms with van der Waals surface area (Å²) in [4.78, 5) is 16.0. The van der Waals surface area contributed by atoms with Gasteiger partial charge in [-0.15, -0.1) is 0 Å². The largest absolute Gasteiger partial charge is 0.340 e. The van der Waals surface area contributed by atoms with E-state index in [0.29, 0.717) is 0 Å². The molecule has 0 N–H and O–H groups in total. The first kappa shape index (κ1) is 14.2. The van der Waals surface area contributed by atoms with E-state index in [-0.39, 0.29) is 5.91 Å². The van der Waals surface area contributed by atoms with Crippen molar-refractivity contribution in [2.45, 2.75) is 6.92 Å². The molecule has 0 saturated carbocycles. The molecule has 1 rings (SSSR count). The molecule has 0 heterocycles. The van der Waals surface area contributed by atoms with E-state index in [1.54, 1.807) is 4.90 Å². The Morgan fingerprint density at radius 2 is 1.82 bits per heavy atom. The maximum absolute atomic E-state index is 12.1. The van der Waals surface area contributed by atoms with Crippen molar-refractivity contribution in [2.75, 3.05) is 34.2 Å². The van der Waals surface area contributed by atoms with Gasteiger partial charge in [0.15, 0.2) is 0 Å². The molecule has 0 aliphatic rings. The number of benzene rings is 1. The van der Waals surface area contributed by atoms with Crippen LogP contribution in [0.5, 0.6) is 0 Å². The first-order valence-corrected chi connectivity index (χ1v) is 6.37. The number of carbonyl (C=O) groups excluding carboxylic acids is 1. The van der Waals surface area contributed by atoms with Gasteiger partial charge in [-0.3, -0.25) is 4.79 Å². The molecule has 4 heteroatoms. The molecule has 1 aromatic carbocycles. The maximum atomic E-state index is 12.1. The van der Waals surface area contributed by atoms with E-state index in [0.717, 1.165) is 28.7 Å². The van der Waals surface area contributed by atoms with E-state index in [4.69, 9.17) is 0 Å². The van der Waals surface area contributed by atoms with E-state index >= 15 is 0 Å². The van der Waals surface area contributed by atoms with E-state index in [2.05, 4.69) is 20.8 Å². The van der Waals surface area contributed by atoms with Crippen molar-refractivity contribution in [3.8, 4) is 0 Å². The first-order chi connectivity index (χ1) is 7.90. The first-order valence-electron chi connectivity index (χ1n) is 5.57. The molecule has 0 fully saturated rings. The molecular weight excluding hydrogens is 280 g/mol. The molecule has 0 aliphatic heterocycles. The van der Waals surface area contributed by atoms with Gasteiger partial charge in [-0.05, 0) is 44.8 Å². The van der Waals surface area contributed by atoms with Gasteiger partial charge < -0.3 is 9.80 Å². The van der Waals surface area contributed by atoms with Crippen LogP contribution in [0.3, 0.4) is 0 Å². The highest BCUT2D eigenvalue weighted by Gasteiger charge is 2.12. The third-order valence-electron chi connectivity index (χ3n) is 2.52.